The number of hydrogen-bond donors (Lipinski definition) is 3. The molecule has 0 bridgehead atoms. The molecule has 3 N–H and O–H groups in total. The zero-order chi connectivity index (χ0) is 11.6. The van der Waals surface area contributed by atoms with Crippen molar-refractivity contribution in [3.63, 3.8) is 0 Å². The molecule has 0 saturated heterocycles. The second-order valence-electron chi connectivity index (χ2n) is 3.92. The van der Waals surface area contributed by atoms with E-state index >= 15 is 0 Å². The molecule has 0 aromatic carbocycles. The molecule has 16 heavy (non-hydrogen) atoms. The van der Waals surface area contributed by atoms with E-state index in [9.17, 15) is 5.11 Å². The lowest BCUT2D eigenvalue weighted by molar-refractivity contribution is 0.265. The Bertz CT molecular complexity index is 379. The van der Waals surface area contributed by atoms with Crippen molar-refractivity contribution in [1.82, 2.24) is 9.97 Å². The highest BCUT2D eigenvalue weighted by molar-refractivity contribution is 5.64. The minimum Gasteiger partial charge on any atom is -0.490 e. The molecule has 0 amide bonds. The Hall–Kier alpha value is -1.56. The van der Waals surface area contributed by atoms with Crippen LogP contribution in [0.4, 0.5) is 11.6 Å². The summed E-state index contributed by atoms with van der Waals surface area (Å²) in [6.45, 7) is 0.106. The zero-order valence-electron chi connectivity index (χ0n) is 9.45. The molecule has 0 atom stereocenters. The lowest BCUT2D eigenvalue weighted by Crippen LogP contribution is -2.26. The average molecular weight is 224 g/mol. The van der Waals surface area contributed by atoms with E-state index in [1.54, 1.807) is 14.2 Å². The quantitative estimate of drug-likeness (QED) is 0.674. The van der Waals surface area contributed by atoms with Crippen LogP contribution in [0.25, 0.3) is 0 Å². The fourth-order valence-electron chi connectivity index (χ4n) is 1.56. The minimum absolute atomic E-state index is 0.106. The number of nitrogens with zero attached hydrogens (tertiary/aromatic N) is 2. The van der Waals surface area contributed by atoms with Crippen molar-refractivity contribution in [3.05, 3.63) is 6.33 Å². The van der Waals surface area contributed by atoms with Gasteiger partial charge in [0.15, 0.2) is 11.6 Å². The van der Waals surface area contributed by atoms with Gasteiger partial charge in [-0.1, -0.05) is 0 Å². The van der Waals surface area contributed by atoms with Crippen LogP contribution in [0.2, 0.25) is 0 Å². The lowest BCUT2D eigenvalue weighted by Gasteiger charge is -2.18. The van der Waals surface area contributed by atoms with Crippen LogP contribution in [-0.4, -0.2) is 41.4 Å². The molecule has 0 unspecified atom stereocenters. The summed E-state index contributed by atoms with van der Waals surface area (Å²) in [6.07, 6.45) is 3.36. The zero-order valence-corrected chi connectivity index (χ0v) is 9.45. The Morgan fingerprint density at radius 1 is 1.44 bits per heavy atom. The summed E-state index contributed by atoms with van der Waals surface area (Å²) in [5, 5.41) is 15.4. The largest absolute Gasteiger partial charge is 0.490 e. The normalized spacial score (nSPS) is 16.7. The van der Waals surface area contributed by atoms with E-state index in [0.717, 1.165) is 12.8 Å². The van der Waals surface area contributed by atoms with Gasteiger partial charge >= 0.3 is 0 Å². The maximum absolute atomic E-state index is 9.25. The molecule has 1 fully saturated rings. The molecule has 0 radical (unpaired) electrons. The smallest absolute Gasteiger partial charge is 0.204 e. The van der Waals surface area contributed by atoms with Gasteiger partial charge < -0.3 is 20.5 Å². The van der Waals surface area contributed by atoms with Crippen LogP contribution in [0.5, 0.6) is 5.75 Å². The molecule has 0 aliphatic heterocycles. The fourth-order valence-corrected chi connectivity index (χ4v) is 1.56. The van der Waals surface area contributed by atoms with E-state index in [1.807, 2.05) is 0 Å². The molecule has 1 aromatic rings. The molecule has 1 aromatic heterocycles. The lowest BCUT2D eigenvalue weighted by atomic mass is 10.3. The van der Waals surface area contributed by atoms with Gasteiger partial charge in [-0.15, -0.1) is 0 Å². The van der Waals surface area contributed by atoms with E-state index < -0.39 is 0 Å². The van der Waals surface area contributed by atoms with Gasteiger partial charge in [-0.2, -0.15) is 0 Å². The Balaban J connectivity index is 2.26. The van der Waals surface area contributed by atoms with Gasteiger partial charge in [-0.05, 0) is 12.8 Å². The first-order valence-corrected chi connectivity index (χ1v) is 5.20. The molecule has 6 heteroatoms. The number of aliphatic hydroxyl groups excluding tert-OH is 1. The van der Waals surface area contributed by atoms with E-state index in [1.165, 1.54) is 6.33 Å². The second kappa shape index (κ2) is 4.13. The van der Waals surface area contributed by atoms with Crippen molar-refractivity contribution >= 4 is 11.6 Å². The maximum Gasteiger partial charge on any atom is 0.204 e. The number of aromatic nitrogens is 2. The van der Waals surface area contributed by atoms with E-state index in [2.05, 4.69) is 20.6 Å². The third-order valence-corrected chi connectivity index (χ3v) is 2.78. The van der Waals surface area contributed by atoms with Gasteiger partial charge in [-0.25, -0.2) is 9.97 Å². The Morgan fingerprint density at radius 3 is 2.62 bits per heavy atom. The summed E-state index contributed by atoms with van der Waals surface area (Å²) in [4.78, 5) is 8.19. The SMILES string of the molecule is CNc1ncnc(NC2(CO)CC2)c1OC. The van der Waals surface area contributed by atoms with Gasteiger partial charge in [0.2, 0.25) is 5.75 Å². The maximum atomic E-state index is 9.25. The van der Waals surface area contributed by atoms with Crippen molar-refractivity contribution in [2.75, 3.05) is 31.4 Å². The molecule has 0 spiro atoms. The van der Waals surface area contributed by atoms with Crippen molar-refractivity contribution in [2.24, 2.45) is 0 Å². The van der Waals surface area contributed by atoms with Crippen LogP contribution < -0.4 is 15.4 Å². The average Bonchev–Trinajstić information content (AvgIpc) is 3.09. The van der Waals surface area contributed by atoms with Gasteiger partial charge in [0.1, 0.15) is 6.33 Å². The molecular weight excluding hydrogens is 208 g/mol. The standard InChI is InChI=1S/C10H16N4O2/c1-11-8-7(16-2)9(13-6-12-8)14-10(5-15)3-4-10/h6,15H,3-5H2,1-2H3,(H2,11,12,13,14). The number of nitrogens with one attached hydrogen (secondary N) is 2. The molecular formula is C10H16N4O2. The molecule has 6 nitrogen and oxygen atoms in total. The number of hydrogen-bond acceptors (Lipinski definition) is 6. The van der Waals surface area contributed by atoms with E-state index in [4.69, 9.17) is 4.74 Å². The number of ether oxygens (including phenoxy) is 1. The van der Waals surface area contributed by atoms with Gasteiger partial charge in [0.25, 0.3) is 0 Å². The Morgan fingerprint density at radius 2 is 2.12 bits per heavy atom. The van der Waals surface area contributed by atoms with Crippen molar-refractivity contribution in [3.8, 4) is 5.75 Å². The first-order chi connectivity index (χ1) is 7.74. The summed E-state index contributed by atoms with van der Waals surface area (Å²) in [6, 6.07) is 0. The number of rotatable bonds is 5. The molecule has 1 heterocycles. The fraction of sp³-hybridized carbons (Fsp3) is 0.600. The van der Waals surface area contributed by atoms with Crippen LogP contribution in [0.3, 0.4) is 0 Å². The summed E-state index contributed by atoms with van der Waals surface area (Å²) in [5.74, 6) is 1.83. The molecule has 1 saturated carbocycles. The summed E-state index contributed by atoms with van der Waals surface area (Å²) >= 11 is 0. The van der Waals surface area contributed by atoms with Crippen LogP contribution in [0, 0.1) is 0 Å². The number of aliphatic hydroxyl groups is 1. The highest BCUT2D eigenvalue weighted by Crippen LogP contribution is 2.41. The third-order valence-electron chi connectivity index (χ3n) is 2.78. The van der Waals surface area contributed by atoms with Crippen molar-refractivity contribution in [1.29, 1.82) is 0 Å². The van der Waals surface area contributed by atoms with Gasteiger partial charge in [-0.3, -0.25) is 0 Å². The summed E-state index contributed by atoms with van der Waals surface area (Å²) in [7, 11) is 3.34. The number of anilines is 2. The molecule has 1 aliphatic rings. The topological polar surface area (TPSA) is 79.3 Å². The van der Waals surface area contributed by atoms with E-state index in [0.29, 0.717) is 17.4 Å². The van der Waals surface area contributed by atoms with Crippen LogP contribution in [-0.2, 0) is 0 Å². The second-order valence-corrected chi connectivity index (χ2v) is 3.92. The highest BCUT2D eigenvalue weighted by Gasteiger charge is 2.43. The number of methoxy groups -OCH3 is 1. The molecule has 2 rings (SSSR count). The highest BCUT2D eigenvalue weighted by atomic mass is 16.5. The Kier molecular flexibility index (Phi) is 2.82. The summed E-state index contributed by atoms with van der Waals surface area (Å²) in [5.41, 5.74) is -0.216. The first-order valence-electron chi connectivity index (χ1n) is 5.20. The monoisotopic (exact) mass is 224 g/mol. The predicted molar refractivity (Wildman–Crippen MR) is 60.8 cm³/mol. The molecule has 88 valence electrons. The van der Waals surface area contributed by atoms with Crippen LogP contribution in [0.15, 0.2) is 6.33 Å². The minimum atomic E-state index is -0.216. The Labute approximate surface area is 94.1 Å². The predicted octanol–water partition coefficient (Wildman–Crippen LogP) is 0.464. The summed E-state index contributed by atoms with van der Waals surface area (Å²) < 4.78 is 5.25. The van der Waals surface area contributed by atoms with Crippen molar-refractivity contribution < 1.29 is 9.84 Å². The van der Waals surface area contributed by atoms with E-state index in [-0.39, 0.29) is 12.1 Å². The first kappa shape index (κ1) is 10.9. The van der Waals surface area contributed by atoms with Crippen molar-refractivity contribution in [2.45, 2.75) is 18.4 Å². The van der Waals surface area contributed by atoms with Gasteiger partial charge in [0, 0.05) is 7.05 Å². The van der Waals surface area contributed by atoms with Crippen LogP contribution >= 0.6 is 0 Å². The van der Waals surface area contributed by atoms with Crippen LogP contribution in [0.1, 0.15) is 12.8 Å². The molecule has 1 aliphatic carbocycles. The third kappa shape index (κ3) is 1.88. The van der Waals surface area contributed by atoms with Gasteiger partial charge in [0.05, 0.1) is 19.3 Å².